The van der Waals surface area contributed by atoms with E-state index in [0.717, 1.165) is 4.31 Å². The fourth-order valence-corrected chi connectivity index (χ4v) is 4.89. The number of ether oxygens (including phenoxy) is 1. The lowest BCUT2D eigenvalue weighted by atomic mass is 10.2. The predicted octanol–water partition coefficient (Wildman–Crippen LogP) is 2.55. The van der Waals surface area contributed by atoms with Crippen molar-refractivity contribution in [3.8, 4) is 6.07 Å². The Labute approximate surface area is 179 Å². The van der Waals surface area contributed by atoms with E-state index >= 15 is 0 Å². The Morgan fingerprint density at radius 2 is 1.90 bits per heavy atom. The van der Waals surface area contributed by atoms with Crippen LogP contribution >= 0.6 is 11.6 Å². The maximum atomic E-state index is 12.9. The minimum atomic E-state index is -3.91. The van der Waals surface area contributed by atoms with Crippen LogP contribution in [0, 0.1) is 11.3 Å². The molecular weight excluding hydrogens is 430 g/mol. The van der Waals surface area contributed by atoms with Gasteiger partial charge in [-0.2, -0.15) is 9.57 Å². The van der Waals surface area contributed by atoms with Crippen molar-refractivity contribution in [3.63, 3.8) is 0 Å². The Balaban J connectivity index is 1.64. The third-order valence-corrected chi connectivity index (χ3v) is 6.74. The minimum absolute atomic E-state index is 0.0254. The van der Waals surface area contributed by atoms with Gasteiger partial charge in [0.1, 0.15) is 12.1 Å². The topological polar surface area (TPSA) is 117 Å². The summed E-state index contributed by atoms with van der Waals surface area (Å²) in [4.78, 5) is 24.6. The molecule has 1 aliphatic heterocycles. The second-order valence-electron chi connectivity index (χ2n) is 6.54. The second-order valence-corrected chi connectivity index (χ2v) is 8.87. The second kappa shape index (κ2) is 9.26. The smallest absolute Gasteiger partial charge is 0.324 e. The van der Waals surface area contributed by atoms with Crippen LogP contribution in [0.1, 0.15) is 18.4 Å². The molecule has 1 atom stereocenters. The van der Waals surface area contributed by atoms with E-state index in [0.29, 0.717) is 23.6 Å². The van der Waals surface area contributed by atoms with Gasteiger partial charge in [0.05, 0.1) is 16.1 Å². The number of rotatable bonds is 6. The number of nitriles is 1. The zero-order valence-corrected chi connectivity index (χ0v) is 17.3. The van der Waals surface area contributed by atoms with Crippen molar-refractivity contribution < 1.29 is 22.7 Å². The summed E-state index contributed by atoms with van der Waals surface area (Å²) >= 11 is 5.81. The summed E-state index contributed by atoms with van der Waals surface area (Å²) in [6, 6.07) is 13.0. The average molecular weight is 448 g/mol. The average Bonchev–Trinajstić information content (AvgIpc) is 3.24. The van der Waals surface area contributed by atoms with E-state index in [-0.39, 0.29) is 17.0 Å². The van der Waals surface area contributed by atoms with Gasteiger partial charge in [0.15, 0.2) is 6.61 Å². The summed E-state index contributed by atoms with van der Waals surface area (Å²) in [6.45, 7) is -0.420. The number of para-hydroxylation sites is 1. The van der Waals surface area contributed by atoms with Gasteiger partial charge >= 0.3 is 5.97 Å². The minimum Gasteiger partial charge on any atom is -0.454 e. The van der Waals surface area contributed by atoms with Gasteiger partial charge in [-0.15, -0.1) is 0 Å². The molecule has 2 aromatic carbocycles. The van der Waals surface area contributed by atoms with E-state index < -0.39 is 34.5 Å². The molecule has 1 heterocycles. The molecule has 0 aromatic heterocycles. The van der Waals surface area contributed by atoms with Gasteiger partial charge in [-0.1, -0.05) is 23.7 Å². The summed E-state index contributed by atoms with van der Waals surface area (Å²) in [5, 5.41) is 11.9. The van der Waals surface area contributed by atoms with Crippen LogP contribution in [0.3, 0.4) is 0 Å². The molecule has 2 aromatic rings. The highest BCUT2D eigenvalue weighted by Gasteiger charge is 2.40. The number of carbonyl (C=O) groups excluding carboxylic acids is 2. The zero-order chi connectivity index (χ0) is 21.7. The molecule has 10 heteroatoms. The lowest BCUT2D eigenvalue weighted by molar-refractivity contribution is -0.150. The number of anilines is 1. The SMILES string of the molecule is N#Cc1ccccc1NC(=O)COC(=O)[C@@H]1CCCN1S(=O)(=O)c1ccc(Cl)cc1. The standard InChI is InChI=1S/C20H18ClN3O5S/c21-15-7-9-16(10-8-15)30(27,28)24-11-3-6-18(24)20(26)29-13-19(25)23-17-5-2-1-4-14(17)12-22/h1-2,4-5,7-10,18H,3,6,11,13H2,(H,23,25)/t18-/m0/s1. The molecule has 0 unspecified atom stereocenters. The molecule has 0 bridgehead atoms. The van der Waals surface area contributed by atoms with E-state index in [1.165, 1.54) is 24.3 Å². The molecule has 8 nitrogen and oxygen atoms in total. The number of esters is 1. The van der Waals surface area contributed by atoms with E-state index in [1.807, 2.05) is 6.07 Å². The van der Waals surface area contributed by atoms with Crippen molar-refractivity contribution in [2.75, 3.05) is 18.5 Å². The van der Waals surface area contributed by atoms with Gasteiger partial charge in [0.2, 0.25) is 10.0 Å². The molecule has 1 aliphatic rings. The first-order valence-electron chi connectivity index (χ1n) is 9.06. The monoisotopic (exact) mass is 447 g/mol. The van der Waals surface area contributed by atoms with E-state index in [4.69, 9.17) is 21.6 Å². The van der Waals surface area contributed by atoms with E-state index in [9.17, 15) is 18.0 Å². The Bertz CT molecular complexity index is 1100. The van der Waals surface area contributed by atoms with Gasteiger partial charge in [-0.3, -0.25) is 9.59 Å². The highest BCUT2D eigenvalue weighted by Crippen LogP contribution is 2.27. The van der Waals surface area contributed by atoms with Crippen molar-refractivity contribution in [2.24, 2.45) is 0 Å². The van der Waals surface area contributed by atoms with E-state index in [2.05, 4.69) is 5.32 Å². The van der Waals surface area contributed by atoms with Crippen molar-refractivity contribution in [1.82, 2.24) is 4.31 Å². The number of benzene rings is 2. The number of nitrogens with one attached hydrogen (secondary N) is 1. The molecular formula is C20H18ClN3O5S. The van der Waals surface area contributed by atoms with Crippen LogP contribution in [0.25, 0.3) is 0 Å². The number of amides is 1. The van der Waals surface area contributed by atoms with Gasteiger partial charge < -0.3 is 10.1 Å². The Morgan fingerprint density at radius 3 is 2.60 bits per heavy atom. The summed E-state index contributed by atoms with van der Waals surface area (Å²) in [7, 11) is -3.91. The summed E-state index contributed by atoms with van der Waals surface area (Å²) < 4.78 is 31.9. The highest BCUT2D eigenvalue weighted by atomic mass is 35.5. The van der Waals surface area contributed by atoms with Gasteiger partial charge in [-0.25, -0.2) is 8.42 Å². The Kier molecular flexibility index (Phi) is 6.72. The van der Waals surface area contributed by atoms with Gasteiger partial charge in [-0.05, 0) is 49.2 Å². The summed E-state index contributed by atoms with van der Waals surface area (Å²) in [6.07, 6.45) is 0.791. The van der Waals surface area contributed by atoms with Crippen LogP contribution in [-0.4, -0.2) is 43.8 Å². The maximum Gasteiger partial charge on any atom is 0.324 e. The quantitative estimate of drug-likeness (QED) is 0.680. The van der Waals surface area contributed by atoms with Crippen molar-refractivity contribution in [2.45, 2.75) is 23.8 Å². The number of carbonyl (C=O) groups is 2. The number of nitrogens with zero attached hydrogens (tertiary/aromatic N) is 2. The van der Waals surface area contributed by atoms with Crippen LogP contribution in [0.4, 0.5) is 5.69 Å². The third kappa shape index (κ3) is 4.79. The fraction of sp³-hybridized carbons (Fsp3) is 0.250. The zero-order valence-electron chi connectivity index (χ0n) is 15.7. The predicted molar refractivity (Wildman–Crippen MR) is 109 cm³/mol. The molecule has 1 N–H and O–H groups in total. The Hall–Kier alpha value is -2.93. The molecule has 1 saturated heterocycles. The number of sulfonamides is 1. The van der Waals surface area contributed by atoms with Crippen LogP contribution in [0.2, 0.25) is 5.02 Å². The van der Waals surface area contributed by atoms with Crippen LogP contribution in [-0.2, 0) is 24.3 Å². The summed E-state index contributed by atoms with van der Waals surface area (Å²) in [5.74, 6) is -1.43. The number of hydrogen-bond acceptors (Lipinski definition) is 6. The highest BCUT2D eigenvalue weighted by molar-refractivity contribution is 7.89. The molecule has 156 valence electrons. The fourth-order valence-electron chi connectivity index (χ4n) is 3.11. The van der Waals surface area contributed by atoms with Crippen molar-refractivity contribution >= 4 is 39.2 Å². The van der Waals surface area contributed by atoms with Crippen LogP contribution in [0.5, 0.6) is 0 Å². The van der Waals surface area contributed by atoms with Crippen molar-refractivity contribution in [1.29, 1.82) is 5.26 Å². The maximum absolute atomic E-state index is 12.9. The van der Waals surface area contributed by atoms with Crippen LogP contribution in [0.15, 0.2) is 53.4 Å². The molecule has 3 rings (SSSR count). The molecule has 0 radical (unpaired) electrons. The van der Waals surface area contributed by atoms with Crippen molar-refractivity contribution in [3.05, 3.63) is 59.1 Å². The lowest BCUT2D eigenvalue weighted by Crippen LogP contribution is -2.42. The molecule has 0 aliphatic carbocycles. The van der Waals surface area contributed by atoms with Gasteiger partial charge in [0.25, 0.3) is 5.91 Å². The van der Waals surface area contributed by atoms with Crippen LogP contribution < -0.4 is 5.32 Å². The molecule has 1 fully saturated rings. The number of hydrogen-bond donors (Lipinski definition) is 1. The first-order valence-corrected chi connectivity index (χ1v) is 10.9. The summed E-state index contributed by atoms with van der Waals surface area (Å²) in [5.41, 5.74) is 0.571. The Morgan fingerprint density at radius 1 is 1.20 bits per heavy atom. The molecule has 30 heavy (non-hydrogen) atoms. The third-order valence-electron chi connectivity index (χ3n) is 4.56. The first kappa shape index (κ1) is 21.8. The molecule has 1 amide bonds. The largest absolute Gasteiger partial charge is 0.454 e. The molecule has 0 saturated carbocycles. The molecule has 0 spiro atoms. The van der Waals surface area contributed by atoms with Gasteiger partial charge in [0, 0.05) is 11.6 Å². The lowest BCUT2D eigenvalue weighted by Gasteiger charge is -2.22. The normalized spacial score (nSPS) is 16.6. The number of halogens is 1. The van der Waals surface area contributed by atoms with E-state index in [1.54, 1.807) is 24.3 Å². The first-order chi connectivity index (χ1) is 14.3.